The maximum Gasteiger partial charge on any atom is 0.339 e. The molecular weight excluding hydrogens is 310 g/mol. The van der Waals surface area contributed by atoms with Gasteiger partial charge in [0.2, 0.25) is 0 Å². The predicted octanol–water partition coefficient (Wildman–Crippen LogP) is 2.74. The zero-order valence-corrected chi connectivity index (χ0v) is 13.6. The van der Waals surface area contributed by atoms with Gasteiger partial charge in [0.15, 0.2) is 0 Å². The Bertz CT molecular complexity index is 696. The summed E-state index contributed by atoms with van der Waals surface area (Å²) < 4.78 is 17.0. The molecule has 0 radical (unpaired) electrons. The van der Waals surface area contributed by atoms with E-state index in [9.17, 15) is 9.90 Å². The minimum atomic E-state index is -0.985. The lowest BCUT2D eigenvalue weighted by molar-refractivity contribution is -0.0208. The molecule has 1 aromatic heterocycles. The lowest BCUT2D eigenvalue weighted by Gasteiger charge is -2.34. The van der Waals surface area contributed by atoms with Crippen molar-refractivity contribution < 1.29 is 23.8 Å². The van der Waals surface area contributed by atoms with Crippen LogP contribution in [0.2, 0.25) is 0 Å². The third-order valence-corrected chi connectivity index (χ3v) is 4.08. The number of furan rings is 1. The van der Waals surface area contributed by atoms with Gasteiger partial charge in [-0.3, -0.25) is 4.90 Å². The Morgan fingerprint density at radius 2 is 2.17 bits per heavy atom. The number of aromatic carboxylic acids is 1. The molecule has 2 aromatic rings. The highest BCUT2D eigenvalue weighted by Crippen LogP contribution is 2.26. The molecule has 1 fully saturated rings. The van der Waals surface area contributed by atoms with E-state index in [1.807, 2.05) is 19.1 Å². The molecule has 24 heavy (non-hydrogen) atoms. The summed E-state index contributed by atoms with van der Waals surface area (Å²) in [5.41, 5.74) is 0.178. The van der Waals surface area contributed by atoms with E-state index in [1.165, 1.54) is 0 Å². The number of para-hydroxylation sites is 1. The maximum absolute atomic E-state index is 11.2. The second-order valence-corrected chi connectivity index (χ2v) is 5.72. The van der Waals surface area contributed by atoms with Crippen LogP contribution < -0.4 is 4.74 Å². The average Bonchev–Trinajstić information content (AvgIpc) is 3.02. The first-order valence-corrected chi connectivity index (χ1v) is 7.98. The fraction of sp³-hybridized carbons (Fsp3) is 0.389. The van der Waals surface area contributed by atoms with E-state index in [0.717, 1.165) is 18.1 Å². The van der Waals surface area contributed by atoms with Crippen LogP contribution in [0.5, 0.6) is 5.75 Å². The number of ether oxygens (including phenoxy) is 2. The van der Waals surface area contributed by atoms with Crippen molar-refractivity contribution in [2.24, 2.45) is 0 Å². The third-order valence-electron chi connectivity index (χ3n) is 4.08. The summed E-state index contributed by atoms with van der Waals surface area (Å²) >= 11 is 0. The van der Waals surface area contributed by atoms with Gasteiger partial charge in [0.05, 0.1) is 19.3 Å². The van der Waals surface area contributed by atoms with Crippen molar-refractivity contribution in [3.8, 4) is 5.75 Å². The van der Waals surface area contributed by atoms with E-state index in [1.54, 1.807) is 24.3 Å². The standard InChI is InChI=1S/C18H21NO5/c1-13-6-7-17(24-13)15-12-22-10-8-19(15)9-11-23-16-5-3-2-4-14(16)18(20)21/h2-7,15H,8-12H2,1H3,(H,20,21). The Morgan fingerprint density at radius 3 is 2.92 bits per heavy atom. The maximum atomic E-state index is 11.2. The van der Waals surface area contributed by atoms with Crippen LogP contribution in [0.25, 0.3) is 0 Å². The highest BCUT2D eigenvalue weighted by molar-refractivity contribution is 5.90. The van der Waals surface area contributed by atoms with Crippen molar-refractivity contribution >= 4 is 5.97 Å². The van der Waals surface area contributed by atoms with Crippen LogP contribution in [0, 0.1) is 6.92 Å². The lowest BCUT2D eigenvalue weighted by Crippen LogP contribution is -2.41. The van der Waals surface area contributed by atoms with Gasteiger partial charge < -0.3 is 19.0 Å². The summed E-state index contributed by atoms with van der Waals surface area (Å²) in [7, 11) is 0. The van der Waals surface area contributed by atoms with Gasteiger partial charge in [0.25, 0.3) is 0 Å². The molecule has 1 N–H and O–H groups in total. The molecule has 0 spiro atoms. The SMILES string of the molecule is Cc1ccc(C2COCCN2CCOc2ccccc2C(=O)O)o1. The molecule has 1 atom stereocenters. The lowest BCUT2D eigenvalue weighted by atomic mass is 10.2. The van der Waals surface area contributed by atoms with Gasteiger partial charge in [-0.15, -0.1) is 0 Å². The molecule has 1 saturated heterocycles. The van der Waals surface area contributed by atoms with Crippen LogP contribution in [0.3, 0.4) is 0 Å². The Kier molecular flexibility index (Phi) is 5.17. The van der Waals surface area contributed by atoms with E-state index in [4.69, 9.17) is 13.9 Å². The van der Waals surface area contributed by atoms with Gasteiger partial charge >= 0.3 is 5.97 Å². The molecule has 6 heteroatoms. The minimum absolute atomic E-state index is 0.0609. The molecule has 0 bridgehead atoms. The first kappa shape index (κ1) is 16.5. The molecule has 1 unspecified atom stereocenters. The highest BCUT2D eigenvalue weighted by Gasteiger charge is 2.27. The molecule has 0 saturated carbocycles. The van der Waals surface area contributed by atoms with E-state index < -0.39 is 5.97 Å². The fourth-order valence-corrected chi connectivity index (χ4v) is 2.84. The Labute approximate surface area is 140 Å². The average molecular weight is 331 g/mol. The molecule has 128 valence electrons. The van der Waals surface area contributed by atoms with Gasteiger partial charge in [-0.05, 0) is 31.2 Å². The number of nitrogens with zero attached hydrogens (tertiary/aromatic N) is 1. The minimum Gasteiger partial charge on any atom is -0.491 e. The summed E-state index contributed by atoms with van der Waals surface area (Å²) in [6.07, 6.45) is 0. The van der Waals surface area contributed by atoms with E-state index in [2.05, 4.69) is 4.90 Å². The number of carboxylic acid groups (broad SMARTS) is 1. The van der Waals surface area contributed by atoms with Gasteiger partial charge in [-0.2, -0.15) is 0 Å². The molecule has 1 aromatic carbocycles. The smallest absolute Gasteiger partial charge is 0.339 e. The first-order chi connectivity index (χ1) is 11.6. The van der Waals surface area contributed by atoms with E-state index in [-0.39, 0.29) is 11.6 Å². The Hall–Kier alpha value is -2.31. The van der Waals surface area contributed by atoms with Crippen LogP contribution in [-0.2, 0) is 4.74 Å². The normalized spacial score (nSPS) is 18.5. The Balaban J connectivity index is 1.62. The van der Waals surface area contributed by atoms with Crippen molar-refractivity contribution in [2.75, 3.05) is 32.9 Å². The number of morpholine rings is 1. The number of hydrogen-bond donors (Lipinski definition) is 1. The van der Waals surface area contributed by atoms with E-state index >= 15 is 0 Å². The summed E-state index contributed by atoms with van der Waals surface area (Å²) in [6, 6.07) is 10.7. The predicted molar refractivity (Wildman–Crippen MR) is 87.5 cm³/mol. The number of benzene rings is 1. The summed E-state index contributed by atoms with van der Waals surface area (Å²) in [4.78, 5) is 13.4. The summed E-state index contributed by atoms with van der Waals surface area (Å²) in [6.45, 7) is 5.03. The number of aryl methyl sites for hydroxylation is 1. The molecule has 0 aliphatic carbocycles. The highest BCUT2D eigenvalue weighted by atomic mass is 16.5. The van der Waals surface area contributed by atoms with Crippen LogP contribution >= 0.6 is 0 Å². The molecule has 1 aliphatic rings. The van der Waals surface area contributed by atoms with Crippen molar-refractivity contribution in [3.63, 3.8) is 0 Å². The summed E-state index contributed by atoms with van der Waals surface area (Å²) in [5, 5.41) is 9.19. The number of hydrogen-bond acceptors (Lipinski definition) is 5. The van der Waals surface area contributed by atoms with Crippen LogP contribution in [0.15, 0.2) is 40.8 Å². The second kappa shape index (κ2) is 7.51. The zero-order chi connectivity index (χ0) is 16.9. The van der Waals surface area contributed by atoms with Gasteiger partial charge in [-0.1, -0.05) is 12.1 Å². The number of carbonyl (C=O) groups is 1. The summed E-state index contributed by atoms with van der Waals surface area (Å²) in [5.74, 6) is 1.17. The van der Waals surface area contributed by atoms with Crippen LogP contribution in [-0.4, -0.2) is 48.9 Å². The van der Waals surface area contributed by atoms with Crippen molar-refractivity contribution in [1.82, 2.24) is 4.90 Å². The monoisotopic (exact) mass is 331 g/mol. The van der Waals surface area contributed by atoms with Crippen molar-refractivity contribution in [2.45, 2.75) is 13.0 Å². The van der Waals surface area contributed by atoms with Crippen molar-refractivity contribution in [1.29, 1.82) is 0 Å². The topological polar surface area (TPSA) is 72.1 Å². The molecular formula is C18H21NO5. The van der Waals surface area contributed by atoms with Crippen molar-refractivity contribution in [3.05, 3.63) is 53.5 Å². The second-order valence-electron chi connectivity index (χ2n) is 5.72. The van der Waals surface area contributed by atoms with Crippen LogP contribution in [0.1, 0.15) is 27.9 Å². The van der Waals surface area contributed by atoms with Gasteiger partial charge in [-0.25, -0.2) is 4.79 Å². The van der Waals surface area contributed by atoms with Gasteiger partial charge in [0.1, 0.15) is 29.4 Å². The Morgan fingerprint density at radius 1 is 1.33 bits per heavy atom. The fourth-order valence-electron chi connectivity index (χ4n) is 2.84. The molecule has 6 nitrogen and oxygen atoms in total. The quantitative estimate of drug-likeness (QED) is 0.877. The third kappa shape index (κ3) is 3.77. The molecule has 0 amide bonds. The van der Waals surface area contributed by atoms with Crippen LogP contribution in [0.4, 0.5) is 0 Å². The molecule has 2 heterocycles. The number of carboxylic acids is 1. The largest absolute Gasteiger partial charge is 0.491 e. The molecule has 1 aliphatic heterocycles. The molecule has 3 rings (SSSR count). The van der Waals surface area contributed by atoms with Gasteiger partial charge in [0, 0.05) is 13.1 Å². The first-order valence-electron chi connectivity index (χ1n) is 7.98. The number of rotatable bonds is 6. The zero-order valence-electron chi connectivity index (χ0n) is 13.6. The van der Waals surface area contributed by atoms with E-state index in [0.29, 0.717) is 32.1 Å².